The van der Waals surface area contributed by atoms with Crippen molar-refractivity contribution < 1.29 is 17.9 Å². The van der Waals surface area contributed by atoms with Crippen LogP contribution in [0.1, 0.15) is 41.3 Å². The summed E-state index contributed by atoms with van der Waals surface area (Å²) in [7, 11) is -0.270. The molecule has 0 bridgehead atoms. The molecule has 1 saturated heterocycles. The SMILES string of the molecule is COc1ccc(CN(C)C(=O)c2cc(S(=O)(=O)N3CCC(C)CC3)ccc2C)cc1. The van der Waals surface area contributed by atoms with Crippen molar-refractivity contribution in [1.29, 1.82) is 0 Å². The lowest BCUT2D eigenvalue weighted by molar-refractivity contribution is 0.0784. The Balaban J connectivity index is 1.80. The van der Waals surface area contributed by atoms with Gasteiger partial charge in [0.1, 0.15) is 5.75 Å². The number of amides is 1. The first-order valence-electron chi connectivity index (χ1n) is 10.2. The van der Waals surface area contributed by atoms with Gasteiger partial charge in [-0.15, -0.1) is 0 Å². The fraction of sp³-hybridized carbons (Fsp3) is 0.435. The molecule has 3 rings (SSSR count). The maximum absolute atomic E-state index is 13.1. The third-order valence-corrected chi connectivity index (χ3v) is 7.64. The smallest absolute Gasteiger partial charge is 0.254 e. The van der Waals surface area contributed by atoms with Crippen molar-refractivity contribution in [3.8, 4) is 5.75 Å². The molecule has 1 aliphatic rings. The molecule has 0 aliphatic carbocycles. The van der Waals surface area contributed by atoms with Crippen LogP contribution in [0.15, 0.2) is 47.4 Å². The van der Waals surface area contributed by atoms with Crippen LogP contribution in [-0.4, -0.2) is 50.8 Å². The highest BCUT2D eigenvalue weighted by Crippen LogP contribution is 2.25. The predicted octanol–water partition coefficient (Wildman–Crippen LogP) is 3.70. The number of carbonyl (C=O) groups excluding carboxylic acids is 1. The summed E-state index contributed by atoms with van der Waals surface area (Å²) < 4.78 is 32.9. The molecule has 0 spiro atoms. The van der Waals surface area contributed by atoms with E-state index in [0.717, 1.165) is 29.7 Å². The van der Waals surface area contributed by atoms with Gasteiger partial charge in [0, 0.05) is 32.2 Å². The molecule has 1 aliphatic heterocycles. The summed E-state index contributed by atoms with van der Waals surface area (Å²) in [5, 5.41) is 0. The number of methoxy groups -OCH3 is 1. The molecule has 0 N–H and O–H groups in total. The number of benzene rings is 2. The van der Waals surface area contributed by atoms with Gasteiger partial charge in [0.25, 0.3) is 5.91 Å². The van der Waals surface area contributed by atoms with E-state index >= 15 is 0 Å². The molecule has 7 heteroatoms. The molecule has 1 heterocycles. The van der Waals surface area contributed by atoms with E-state index in [2.05, 4.69) is 6.92 Å². The number of hydrogen-bond acceptors (Lipinski definition) is 4. The summed E-state index contributed by atoms with van der Waals surface area (Å²) in [4.78, 5) is 14.9. The van der Waals surface area contributed by atoms with Gasteiger partial charge in [-0.05, 0) is 61.1 Å². The van der Waals surface area contributed by atoms with E-state index in [4.69, 9.17) is 4.74 Å². The van der Waals surface area contributed by atoms with Crippen LogP contribution < -0.4 is 4.74 Å². The largest absolute Gasteiger partial charge is 0.497 e. The molecule has 30 heavy (non-hydrogen) atoms. The maximum atomic E-state index is 13.1. The molecule has 2 aromatic carbocycles. The molecule has 1 amide bonds. The van der Waals surface area contributed by atoms with Crippen LogP contribution >= 0.6 is 0 Å². The minimum Gasteiger partial charge on any atom is -0.497 e. The van der Waals surface area contributed by atoms with E-state index < -0.39 is 10.0 Å². The average Bonchev–Trinajstić information content (AvgIpc) is 2.74. The second-order valence-electron chi connectivity index (χ2n) is 8.07. The van der Waals surface area contributed by atoms with Crippen molar-refractivity contribution in [2.75, 3.05) is 27.2 Å². The molecular formula is C23H30N2O4S. The Hall–Kier alpha value is -2.38. The van der Waals surface area contributed by atoms with Crippen molar-refractivity contribution in [2.45, 2.75) is 38.1 Å². The van der Waals surface area contributed by atoms with Crippen molar-refractivity contribution >= 4 is 15.9 Å². The Morgan fingerprint density at radius 2 is 1.77 bits per heavy atom. The van der Waals surface area contributed by atoms with Gasteiger partial charge in [-0.25, -0.2) is 8.42 Å². The minimum atomic E-state index is -3.60. The number of carbonyl (C=O) groups is 1. The quantitative estimate of drug-likeness (QED) is 0.701. The lowest BCUT2D eigenvalue weighted by Gasteiger charge is -2.29. The Labute approximate surface area is 179 Å². The van der Waals surface area contributed by atoms with Crippen LogP contribution in [0.4, 0.5) is 0 Å². The highest BCUT2D eigenvalue weighted by molar-refractivity contribution is 7.89. The minimum absolute atomic E-state index is 0.184. The standard InChI is InChI=1S/C23H30N2O4S/c1-17-11-13-25(14-12-17)30(27,28)21-10-5-18(2)22(15-21)23(26)24(3)16-19-6-8-20(29-4)9-7-19/h5-10,15,17H,11-14,16H2,1-4H3. The number of rotatable bonds is 6. The molecular weight excluding hydrogens is 400 g/mol. The van der Waals surface area contributed by atoms with Crippen molar-refractivity contribution in [3.05, 3.63) is 59.2 Å². The molecule has 2 aromatic rings. The molecule has 0 atom stereocenters. The van der Waals surface area contributed by atoms with Crippen molar-refractivity contribution in [2.24, 2.45) is 5.92 Å². The summed E-state index contributed by atoms with van der Waals surface area (Å²) >= 11 is 0. The summed E-state index contributed by atoms with van der Waals surface area (Å²) in [6.07, 6.45) is 1.73. The zero-order chi connectivity index (χ0) is 21.9. The first-order valence-corrected chi connectivity index (χ1v) is 11.7. The highest BCUT2D eigenvalue weighted by Gasteiger charge is 2.29. The highest BCUT2D eigenvalue weighted by atomic mass is 32.2. The monoisotopic (exact) mass is 430 g/mol. The zero-order valence-corrected chi connectivity index (χ0v) is 18.9. The lowest BCUT2D eigenvalue weighted by Crippen LogP contribution is -2.38. The topological polar surface area (TPSA) is 66.9 Å². The second kappa shape index (κ2) is 9.18. The van der Waals surface area contributed by atoms with Crippen LogP contribution in [0.5, 0.6) is 5.75 Å². The van der Waals surface area contributed by atoms with E-state index in [0.29, 0.717) is 31.1 Å². The predicted molar refractivity (Wildman–Crippen MR) is 117 cm³/mol. The van der Waals surface area contributed by atoms with Crippen LogP contribution in [0.25, 0.3) is 0 Å². The van der Waals surface area contributed by atoms with Crippen LogP contribution in [0.2, 0.25) is 0 Å². The molecule has 1 fully saturated rings. The Kier molecular flexibility index (Phi) is 6.83. The van der Waals surface area contributed by atoms with Gasteiger partial charge in [-0.3, -0.25) is 4.79 Å². The van der Waals surface area contributed by atoms with E-state index in [1.165, 1.54) is 10.4 Å². The maximum Gasteiger partial charge on any atom is 0.254 e. The number of hydrogen-bond donors (Lipinski definition) is 0. The van der Waals surface area contributed by atoms with Crippen molar-refractivity contribution in [1.82, 2.24) is 9.21 Å². The number of ether oxygens (including phenoxy) is 1. The Morgan fingerprint density at radius 1 is 1.13 bits per heavy atom. The molecule has 6 nitrogen and oxygen atoms in total. The van der Waals surface area contributed by atoms with Gasteiger partial charge in [-0.1, -0.05) is 25.1 Å². The van der Waals surface area contributed by atoms with Crippen molar-refractivity contribution in [3.63, 3.8) is 0 Å². The first kappa shape index (κ1) is 22.3. The van der Waals surface area contributed by atoms with E-state index in [9.17, 15) is 13.2 Å². The Bertz CT molecular complexity index is 994. The number of nitrogens with zero attached hydrogens (tertiary/aromatic N) is 2. The fourth-order valence-electron chi connectivity index (χ4n) is 3.65. The van der Waals surface area contributed by atoms with E-state index in [1.807, 2.05) is 31.2 Å². The van der Waals surface area contributed by atoms with Gasteiger partial charge in [-0.2, -0.15) is 4.31 Å². The Morgan fingerprint density at radius 3 is 2.37 bits per heavy atom. The molecule has 0 saturated carbocycles. The van der Waals surface area contributed by atoms with Gasteiger partial charge in [0.05, 0.1) is 12.0 Å². The first-order chi connectivity index (χ1) is 14.2. The van der Waals surface area contributed by atoms with Crippen LogP contribution in [0, 0.1) is 12.8 Å². The summed E-state index contributed by atoms with van der Waals surface area (Å²) in [6.45, 7) is 5.44. The summed E-state index contributed by atoms with van der Waals surface area (Å²) in [5.41, 5.74) is 2.14. The summed E-state index contributed by atoms with van der Waals surface area (Å²) in [5.74, 6) is 1.10. The fourth-order valence-corrected chi connectivity index (χ4v) is 5.15. The zero-order valence-electron chi connectivity index (χ0n) is 18.1. The normalized spacial score (nSPS) is 15.7. The molecule has 0 radical (unpaired) electrons. The summed E-state index contributed by atoms with van der Waals surface area (Å²) in [6, 6.07) is 12.4. The van der Waals surface area contributed by atoms with Gasteiger partial charge in [0.15, 0.2) is 0 Å². The third kappa shape index (κ3) is 4.84. The number of aryl methyl sites for hydroxylation is 1. The van der Waals surface area contributed by atoms with Crippen LogP contribution in [0.3, 0.4) is 0 Å². The van der Waals surface area contributed by atoms with Gasteiger partial charge >= 0.3 is 0 Å². The van der Waals surface area contributed by atoms with Gasteiger partial charge in [0.2, 0.25) is 10.0 Å². The molecule has 0 aromatic heterocycles. The number of sulfonamides is 1. The second-order valence-corrected chi connectivity index (χ2v) is 10.0. The van der Waals surface area contributed by atoms with E-state index in [-0.39, 0.29) is 10.8 Å². The average molecular weight is 431 g/mol. The van der Waals surface area contributed by atoms with E-state index in [1.54, 1.807) is 31.2 Å². The molecule has 0 unspecified atom stereocenters. The lowest BCUT2D eigenvalue weighted by atomic mass is 10.0. The number of piperidine rings is 1. The third-order valence-electron chi connectivity index (χ3n) is 5.75. The van der Waals surface area contributed by atoms with Crippen LogP contribution in [-0.2, 0) is 16.6 Å². The molecule has 162 valence electrons. The van der Waals surface area contributed by atoms with Gasteiger partial charge < -0.3 is 9.64 Å².